The van der Waals surface area contributed by atoms with E-state index in [2.05, 4.69) is 37.0 Å². The number of aromatic nitrogens is 1. The zero-order chi connectivity index (χ0) is 12.3. The Bertz CT molecular complexity index is 488. The first kappa shape index (κ1) is 12.1. The Balaban J connectivity index is 2.19. The van der Waals surface area contributed by atoms with E-state index >= 15 is 0 Å². The summed E-state index contributed by atoms with van der Waals surface area (Å²) in [4.78, 5) is 4.13. The van der Waals surface area contributed by atoms with Gasteiger partial charge in [0.05, 0.1) is 6.10 Å². The molecule has 0 saturated heterocycles. The second-order valence-electron chi connectivity index (χ2n) is 4.86. The van der Waals surface area contributed by atoms with Crippen molar-refractivity contribution in [2.45, 2.75) is 32.8 Å². The number of hydrogen-bond donors (Lipinski definition) is 1. The second kappa shape index (κ2) is 5.28. The van der Waals surface area contributed by atoms with E-state index in [9.17, 15) is 5.11 Å². The van der Waals surface area contributed by atoms with Gasteiger partial charge in [0.25, 0.3) is 0 Å². The van der Waals surface area contributed by atoms with E-state index in [0.717, 1.165) is 12.8 Å². The van der Waals surface area contributed by atoms with Crippen molar-refractivity contribution in [2.75, 3.05) is 0 Å². The number of aryl methyl sites for hydroxylation is 1. The molecule has 0 bridgehead atoms. The number of pyridine rings is 1. The first-order valence-corrected chi connectivity index (χ1v) is 6.18. The van der Waals surface area contributed by atoms with Crippen molar-refractivity contribution in [1.82, 2.24) is 4.98 Å². The predicted molar refractivity (Wildman–Crippen MR) is 70.9 cm³/mol. The molecular weight excluding hydrogens is 210 g/mol. The fourth-order valence-electron chi connectivity index (χ4n) is 2.04. The first-order valence-electron chi connectivity index (χ1n) is 6.18. The lowest BCUT2D eigenvalue weighted by Crippen LogP contribution is -2.15. The van der Waals surface area contributed by atoms with Crippen molar-refractivity contribution in [3.8, 4) is 0 Å². The molecule has 0 spiro atoms. The Kier molecular flexibility index (Phi) is 3.75. The van der Waals surface area contributed by atoms with Crippen LogP contribution in [-0.4, -0.2) is 16.2 Å². The molecule has 0 saturated carbocycles. The van der Waals surface area contributed by atoms with E-state index in [0.29, 0.717) is 5.92 Å². The maximum absolute atomic E-state index is 9.85. The molecule has 1 unspecified atom stereocenters. The van der Waals surface area contributed by atoms with Crippen LogP contribution in [0.25, 0.3) is 10.8 Å². The lowest BCUT2D eigenvalue weighted by atomic mass is 9.97. The molecule has 1 atom stereocenters. The number of benzene rings is 1. The Morgan fingerprint density at radius 1 is 1.24 bits per heavy atom. The van der Waals surface area contributed by atoms with Crippen LogP contribution in [0.1, 0.15) is 25.8 Å². The highest BCUT2D eigenvalue weighted by Gasteiger charge is 2.10. The minimum absolute atomic E-state index is 0.216. The van der Waals surface area contributed by atoms with Crippen LogP contribution in [0.3, 0.4) is 0 Å². The van der Waals surface area contributed by atoms with Gasteiger partial charge in [0.15, 0.2) is 0 Å². The van der Waals surface area contributed by atoms with E-state index in [1.807, 2.05) is 18.5 Å². The van der Waals surface area contributed by atoms with Gasteiger partial charge in [-0.05, 0) is 35.8 Å². The molecule has 90 valence electrons. The van der Waals surface area contributed by atoms with Crippen molar-refractivity contribution >= 4 is 10.8 Å². The van der Waals surface area contributed by atoms with Crippen molar-refractivity contribution in [1.29, 1.82) is 0 Å². The largest absolute Gasteiger partial charge is 0.393 e. The van der Waals surface area contributed by atoms with Crippen LogP contribution < -0.4 is 0 Å². The van der Waals surface area contributed by atoms with Gasteiger partial charge in [-0.3, -0.25) is 4.98 Å². The van der Waals surface area contributed by atoms with Gasteiger partial charge in [0.1, 0.15) is 0 Å². The molecule has 2 aromatic rings. The predicted octanol–water partition coefficient (Wildman–Crippen LogP) is 3.18. The minimum atomic E-state index is -0.216. The summed E-state index contributed by atoms with van der Waals surface area (Å²) in [6, 6.07) is 8.31. The number of aliphatic hydroxyl groups excluding tert-OH is 1. The molecule has 0 fully saturated rings. The first-order chi connectivity index (χ1) is 8.18. The summed E-state index contributed by atoms with van der Waals surface area (Å²) in [6.45, 7) is 4.11. The fraction of sp³-hybridized carbons (Fsp3) is 0.400. The molecule has 1 N–H and O–H groups in total. The number of hydrogen-bond acceptors (Lipinski definition) is 2. The third kappa shape index (κ3) is 2.83. The lowest BCUT2D eigenvalue weighted by Gasteiger charge is -2.14. The van der Waals surface area contributed by atoms with Crippen LogP contribution in [0.5, 0.6) is 0 Å². The van der Waals surface area contributed by atoms with Crippen molar-refractivity contribution < 1.29 is 5.11 Å². The molecule has 0 aliphatic heterocycles. The zero-order valence-corrected chi connectivity index (χ0v) is 10.4. The highest BCUT2D eigenvalue weighted by atomic mass is 16.3. The van der Waals surface area contributed by atoms with E-state index in [1.165, 1.54) is 16.3 Å². The summed E-state index contributed by atoms with van der Waals surface area (Å²) in [7, 11) is 0. The quantitative estimate of drug-likeness (QED) is 0.873. The Morgan fingerprint density at radius 3 is 2.82 bits per heavy atom. The smallest absolute Gasteiger partial charge is 0.0566 e. The average Bonchev–Trinajstić information content (AvgIpc) is 2.35. The van der Waals surface area contributed by atoms with Gasteiger partial charge in [-0.1, -0.05) is 32.0 Å². The van der Waals surface area contributed by atoms with E-state index in [1.54, 1.807) is 0 Å². The Labute approximate surface area is 102 Å². The van der Waals surface area contributed by atoms with Gasteiger partial charge >= 0.3 is 0 Å². The van der Waals surface area contributed by atoms with Gasteiger partial charge in [-0.2, -0.15) is 0 Å². The molecule has 2 nitrogen and oxygen atoms in total. The van der Waals surface area contributed by atoms with Crippen LogP contribution in [-0.2, 0) is 6.42 Å². The van der Waals surface area contributed by atoms with Crippen molar-refractivity contribution in [2.24, 2.45) is 5.92 Å². The van der Waals surface area contributed by atoms with Crippen molar-refractivity contribution in [3.05, 3.63) is 42.2 Å². The van der Waals surface area contributed by atoms with Gasteiger partial charge in [-0.25, -0.2) is 0 Å². The monoisotopic (exact) mass is 229 g/mol. The van der Waals surface area contributed by atoms with Crippen LogP contribution in [0, 0.1) is 5.92 Å². The molecule has 1 heterocycles. The molecule has 17 heavy (non-hydrogen) atoms. The zero-order valence-electron chi connectivity index (χ0n) is 10.4. The maximum Gasteiger partial charge on any atom is 0.0566 e. The summed E-state index contributed by atoms with van der Waals surface area (Å²) in [5, 5.41) is 12.3. The highest BCUT2D eigenvalue weighted by Crippen LogP contribution is 2.20. The highest BCUT2D eigenvalue weighted by molar-refractivity contribution is 5.84. The van der Waals surface area contributed by atoms with Gasteiger partial charge < -0.3 is 5.11 Å². The molecule has 0 amide bonds. The van der Waals surface area contributed by atoms with Crippen molar-refractivity contribution in [3.63, 3.8) is 0 Å². The SMILES string of the molecule is CC(C)C(O)CCc1cccc2cnccc12. The number of nitrogens with zero attached hydrogens (tertiary/aromatic N) is 1. The molecule has 0 radical (unpaired) electrons. The van der Waals surface area contributed by atoms with E-state index in [-0.39, 0.29) is 6.10 Å². The molecule has 0 aliphatic carbocycles. The van der Waals surface area contributed by atoms with E-state index < -0.39 is 0 Å². The van der Waals surface area contributed by atoms with Gasteiger partial charge in [0.2, 0.25) is 0 Å². The molecular formula is C15H19NO. The third-order valence-corrected chi connectivity index (χ3v) is 3.25. The maximum atomic E-state index is 9.85. The Morgan fingerprint density at radius 2 is 2.06 bits per heavy atom. The molecule has 1 aromatic heterocycles. The fourth-order valence-corrected chi connectivity index (χ4v) is 2.04. The molecule has 2 rings (SSSR count). The Hall–Kier alpha value is -1.41. The summed E-state index contributed by atoms with van der Waals surface area (Å²) < 4.78 is 0. The number of fused-ring (bicyclic) bond motifs is 1. The summed E-state index contributed by atoms with van der Waals surface area (Å²) in [5.74, 6) is 0.326. The second-order valence-corrected chi connectivity index (χ2v) is 4.86. The van der Waals surface area contributed by atoms with Crippen LogP contribution in [0.4, 0.5) is 0 Å². The summed E-state index contributed by atoms with van der Waals surface area (Å²) in [5.41, 5.74) is 1.30. The number of aliphatic hydroxyl groups is 1. The summed E-state index contributed by atoms with van der Waals surface area (Å²) >= 11 is 0. The van der Waals surface area contributed by atoms with Crippen LogP contribution in [0.15, 0.2) is 36.7 Å². The van der Waals surface area contributed by atoms with Crippen LogP contribution >= 0.6 is 0 Å². The lowest BCUT2D eigenvalue weighted by molar-refractivity contribution is 0.116. The van der Waals surface area contributed by atoms with E-state index in [4.69, 9.17) is 0 Å². The topological polar surface area (TPSA) is 33.1 Å². The summed E-state index contributed by atoms with van der Waals surface area (Å²) in [6.07, 6.45) is 5.23. The molecule has 1 aromatic carbocycles. The minimum Gasteiger partial charge on any atom is -0.393 e. The van der Waals surface area contributed by atoms with Gasteiger partial charge in [0, 0.05) is 17.8 Å². The molecule has 0 aliphatic rings. The third-order valence-electron chi connectivity index (χ3n) is 3.25. The number of rotatable bonds is 4. The van der Waals surface area contributed by atoms with Gasteiger partial charge in [-0.15, -0.1) is 0 Å². The van der Waals surface area contributed by atoms with Crippen LogP contribution in [0.2, 0.25) is 0 Å². The standard InChI is InChI=1S/C15H19NO/c1-11(2)15(17)7-6-12-4-3-5-13-10-16-9-8-14(12)13/h3-5,8-11,15,17H,6-7H2,1-2H3. The normalized spacial score (nSPS) is 13.2. The average molecular weight is 229 g/mol. The molecule has 2 heteroatoms.